The molecule has 1 atom stereocenters. The molecule has 0 spiro atoms. The predicted molar refractivity (Wildman–Crippen MR) is 92.6 cm³/mol. The van der Waals surface area contributed by atoms with Crippen molar-refractivity contribution in [3.63, 3.8) is 0 Å². The third kappa shape index (κ3) is 4.64. The number of nitriles is 1. The SMILES string of the molecule is CC(CC#N)N(C)C(=O)c1cccc(NC(=O)c2ccc(F)cc2)c1. The molecule has 0 bridgehead atoms. The van der Waals surface area contributed by atoms with Crippen molar-refractivity contribution >= 4 is 17.5 Å². The summed E-state index contributed by atoms with van der Waals surface area (Å²) in [6, 6.07) is 13.6. The molecule has 25 heavy (non-hydrogen) atoms. The molecular formula is C19H18FN3O2. The number of hydrogen-bond acceptors (Lipinski definition) is 3. The van der Waals surface area contributed by atoms with Crippen LogP contribution in [0.15, 0.2) is 48.5 Å². The number of amides is 2. The topological polar surface area (TPSA) is 73.2 Å². The maximum absolute atomic E-state index is 12.9. The highest BCUT2D eigenvalue weighted by molar-refractivity contribution is 6.05. The van der Waals surface area contributed by atoms with Gasteiger partial charge in [-0.2, -0.15) is 5.26 Å². The number of hydrogen-bond donors (Lipinski definition) is 1. The lowest BCUT2D eigenvalue weighted by Gasteiger charge is -2.23. The molecule has 0 aliphatic heterocycles. The van der Waals surface area contributed by atoms with Crippen molar-refractivity contribution in [1.29, 1.82) is 5.26 Å². The molecule has 2 aromatic carbocycles. The minimum Gasteiger partial charge on any atom is -0.338 e. The molecule has 0 saturated carbocycles. The molecule has 2 aromatic rings. The highest BCUT2D eigenvalue weighted by atomic mass is 19.1. The van der Waals surface area contributed by atoms with Crippen molar-refractivity contribution in [2.75, 3.05) is 12.4 Å². The molecule has 0 aliphatic rings. The van der Waals surface area contributed by atoms with Gasteiger partial charge in [-0.15, -0.1) is 0 Å². The maximum Gasteiger partial charge on any atom is 0.255 e. The Balaban J connectivity index is 2.13. The second kappa shape index (κ2) is 8.06. The molecule has 2 rings (SSSR count). The van der Waals surface area contributed by atoms with Gasteiger partial charge in [0.05, 0.1) is 12.5 Å². The number of rotatable bonds is 5. The molecule has 0 fully saturated rings. The minimum absolute atomic E-state index is 0.213. The van der Waals surface area contributed by atoms with Crippen LogP contribution in [0.4, 0.5) is 10.1 Å². The Morgan fingerprint density at radius 2 is 1.88 bits per heavy atom. The molecule has 2 amide bonds. The van der Waals surface area contributed by atoms with E-state index >= 15 is 0 Å². The van der Waals surface area contributed by atoms with Crippen LogP contribution in [-0.4, -0.2) is 29.8 Å². The van der Waals surface area contributed by atoms with Crippen molar-refractivity contribution < 1.29 is 14.0 Å². The number of benzene rings is 2. The normalized spacial score (nSPS) is 11.3. The minimum atomic E-state index is -0.418. The van der Waals surface area contributed by atoms with Crippen molar-refractivity contribution in [1.82, 2.24) is 4.90 Å². The molecule has 0 heterocycles. The van der Waals surface area contributed by atoms with Gasteiger partial charge in [0.25, 0.3) is 11.8 Å². The van der Waals surface area contributed by atoms with Crippen LogP contribution in [0.5, 0.6) is 0 Å². The van der Waals surface area contributed by atoms with Gasteiger partial charge in [0.1, 0.15) is 5.82 Å². The summed E-state index contributed by atoms with van der Waals surface area (Å²) in [4.78, 5) is 26.1. The molecular weight excluding hydrogens is 321 g/mol. The zero-order chi connectivity index (χ0) is 18.4. The fraction of sp³-hybridized carbons (Fsp3) is 0.211. The molecule has 0 aliphatic carbocycles. The fourth-order valence-electron chi connectivity index (χ4n) is 2.21. The number of carbonyl (C=O) groups is 2. The Hall–Kier alpha value is -3.20. The van der Waals surface area contributed by atoms with Gasteiger partial charge in [-0.05, 0) is 49.4 Å². The Labute approximate surface area is 145 Å². The van der Waals surface area contributed by atoms with Gasteiger partial charge in [-0.25, -0.2) is 4.39 Å². The Bertz CT molecular complexity index is 812. The van der Waals surface area contributed by atoms with E-state index in [1.54, 1.807) is 38.2 Å². The number of nitrogens with zero attached hydrogens (tertiary/aromatic N) is 2. The van der Waals surface area contributed by atoms with E-state index < -0.39 is 11.7 Å². The highest BCUT2D eigenvalue weighted by Crippen LogP contribution is 2.15. The summed E-state index contributed by atoms with van der Waals surface area (Å²) in [5.41, 5.74) is 1.18. The first kappa shape index (κ1) is 18.1. The van der Waals surface area contributed by atoms with E-state index in [4.69, 9.17) is 5.26 Å². The fourth-order valence-corrected chi connectivity index (χ4v) is 2.21. The Kier molecular flexibility index (Phi) is 5.85. The Morgan fingerprint density at radius 1 is 1.20 bits per heavy atom. The first-order valence-corrected chi connectivity index (χ1v) is 7.73. The van der Waals surface area contributed by atoms with Gasteiger partial charge >= 0.3 is 0 Å². The maximum atomic E-state index is 12.9. The summed E-state index contributed by atoms with van der Waals surface area (Å²) in [5.74, 6) is -1.05. The number of halogens is 1. The molecule has 1 unspecified atom stereocenters. The highest BCUT2D eigenvalue weighted by Gasteiger charge is 2.17. The third-order valence-electron chi connectivity index (χ3n) is 3.84. The van der Waals surface area contributed by atoms with E-state index in [2.05, 4.69) is 5.32 Å². The second-order valence-corrected chi connectivity index (χ2v) is 5.67. The lowest BCUT2D eigenvalue weighted by molar-refractivity contribution is 0.0746. The van der Waals surface area contributed by atoms with Gasteiger partial charge in [0.15, 0.2) is 0 Å². The molecule has 6 heteroatoms. The summed E-state index contributed by atoms with van der Waals surface area (Å²) < 4.78 is 12.9. The number of anilines is 1. The van der Waals surface area contributed by atoms with Crippen molar-refractivity contribution in [3.05, 3.63) is 65.5 Å². The molecule has 0 saturated heterocycles. The van der Waals surface area contributed by atoms with E-state index in [0.29, 0.717) is 16.8 Å². The largest absolute Gasteiger partial charge is 0.338 e. The first-order chi connectivity index (χ1) is 11.9. The summed E-state index contributed by atoms with van der Waals surface area (Å²) in [6.07, 6.45) is 0.239. The molecule has 128 valence electrons. The van der Waals surface area contributed by atoms with Crippen LogP contribution in [0.25, 0.3) is 0 Å². The quantitative estimate of drug-likeness (QED) is 0.907. The molecule has 0 radical (unpaired) electrons. The second-order valence-electron chi connectivity index (χ2n) is 5.67. The number of carbonyl (C=O) groups excluding carboxylic acids is 2. The smallest absolute Gasteiger partial charge is 0.255 e. The summed E-state index contributed by atoms with van der Waals surface area (Å²) >= 11 is 0. The van der Waals surface area contributed by atoms with E-state index in [-0.39, 0.29) is 18.4 Å². The standard InChI is InChI=1S/C19H18FN3O2/c1-13(10-11-21)23(2)19(25)15-4-3-5-17(12-15)22-18(24)14-6-8-16(20)9-7-14/h3-9,12-13H,10H2,1-2H3,(H,22,24). The van der Waals surface area contributed by atoms with Gasteiger partial charge in [0.2, 0.25) is 0 Å². The van der Waals surface area contributed by atoms with Crippen molar-refractivity contribution in [2.24, 2.45) is 0 Å². The third-order valence-corrected chi connectivity index (χ3v) is 3.84. The molecule has 5 nitrogen and oxygen atoms in total. The monoisotopic (exact) mass is 339 g/mol. The van der Waals surface area contributed by atoms with Crippen LogP contribution in [-0.2, 0) is 0 Å². The molecule has 0 aromatic heterocycles. The summed E-state index contributed by atoms with van der Waals surface area (Å²) in [5, 5.41) is 11.4. The van der Waals surface area contributed by atoms with Crippen LogP contribution in [0, 0.1) is 17.1 Å². The lowest BCUT2D eigenvalue weighted by Crippen LogP contribution is -2.34. The average Bonchev–Trinajstić information content (AvgIpc) is 2.61. The van der Waals surface area contributed by atoms with Crippen LogP contribution in [0.3, 0.4) is 0 Å². The van der Waals surface area contributed by atoms with Crippen LogP contribution in [0.1, 0.15) is 34.1 Å². The Morgan fingerprint density at radius 3 is 2.52 bits per heavy atom. The molecule has 1 N–H and O–H groups in total. The lowest BCUT2D eigenvalue weighted by atomic mass is 10.1. The average molecular weight is 339 g/mol. The first-order valence-electron chi connectivity index (χ1n) is 7.73. The van der Waals surface area contributed by atoms with E-state index in [9.17, 15) is 14.0 Å². The van der Waals surface area contributed by atoms with Gasteiger partial charge in [0, 0.05) is 29.9 Å². The number of nitrogens with one attached hydrogen (secondary N) is 1. The van der Waals surface area contributed by atoms with Crippen molar-refractivity contribution in [3.8, 4) is 6.07 Å². The van der Waals surface area contributed by atoms with Crippen LogP contribution >= 0.6 is 0 Å². The van der Waals surface area contributed by atoms with Gasteiger partial charge in [-0.3, -0.25) is 9.59 Å². The zero-order valence-electron chi connectivity index (χ0n) is 14.0. The van der Waals surface area contributed by atoms with Crippen molar-refractivity contribution in [2.45, 2.75) is 19.4 Å². The summed E-state index contributed by atoms with van der Waals surface area (Å²) in [7, 11) is 1.63. The zero-order valence-corrected chi connectivity index (χ0v) is 14.0. The van der Waals surface area contributed by atoms with E-state index in [1.807, 2.05) is 6.07 Å². The van der Waals surface area contributed by atoms with E-state index in [1.165, 1.54) is 29.2 Å². The van der Waals surface area contributed by atoms with Gasteiger partial charge in [-0.1, -0.05) is 6.07 Å². The van der Waals surface area contributed by atoms with Crippen LogP contribution < -0.4 is 5.32 Å². The van der Waals surface area contributed by atoms with E-state index in [0.717, 1.165) is 0 Å². The summed E-state index contributed by atoms with van der Waals surface area (Å²) in [6.45, 7) is 1.79. The van der Waals surface area contributed by atoms with Gasteiger partial charge < -0.3 is 10.2 Å². The predicted octanol–water partition coefficient (Wildman–Crippen LogP) is 3.45. The van der Waals surface area contributed by atoms with Crippen LogP contribution in [0.2, 0.25) is 0 Å².